The molecule has 1 N–H and O–H groups in total. The lowest BCUT2D eigenvalue weighted by molar-refractivity contribution is 0.290. The first-order chi connectivity index (χ1) is 10.1. The van der Waals surface area contributed by atoms with Crippen LogP contribution in [0.3, 0.4) is 0 Å². The maximum Gasteiger partial charge on any atom is 0.147 e. The minimum atomic E-state index is -0.294. The lowest BCUT2D eigenvalue weighted by atomic mass is 10.2. The summed E-state index contributed by atoms with van der Waals surface area (Å²) in [6.07, 6.45) is 3.98. The van der Waals surface area contributed by atoms with E-state index in [-0.39, 0.29) is 12.4 Å². The van der Waals surface area contributed by atoms with Gasteiger partial charge >= 0.3 is 0 Å². The second-order valence-corrected chi connectivity index (χ2v) is 5.68. The van der Waals surface area contributed by atoms with E-state index < -0.39 is 0 Å². The quantitative estimate of drug-likeness (QED) is 0.891. The summed E-state index contributed by atoms with van der Waals surface area (Å²) < 4.78 is 21.0. The van der Waals surface area contributed by atoms with Crippen molar-refractivity contribution in [1.29, 1.82) is 0 Å². The normalized spacial score (nSPS) is 14.4. The number of ether oxygens (including phenoxy) is 1. The number of imidazole rings is 1. The van der Waals surface area contributed by atoms with Crippen LogP contribution in [0.15, 0.2) is 24.4 Å². The van der Waals surface area contributed by atoms with Gasteiger partial charge in [0, 0.05) is 25.7 Å². The predicted molar refractivity (Wildman–Crippen MR) is 78.8 cm³/mol. The molecule has 4 nitrogen and oxygen atoms in total. The molecule has 0 amide bonds. The lowest BCUT2D eigenvalue weighted by Crippen LogP contribution is -2.15. The van der Waals surface area contributed by atoms with Gasteiger partial charge in [-0.05, 0) is 30.5 Å². The third kappa shape index (κ3) is 3.74. The number of halogens is 2. The lowest BCUT2D eigenvalue weighted by Gasteiger charge is -2.09. The third-order valence-corrected chi connectivity index (χ3v) is 3.85. The van der Waals surface area contributed by atoms with E-state index in [1.165, 1.54) is 25.0 Å². The molecule has 1 heterocycles. The Balaban J connectivity index is 1.65. The first-order valence-corrected chi connectivity index (χ1v) is 7.31. The Labute approximate surface area is 127 Å². The zero-order chi connectivity index (χ0) is 14.8. The monoisotopic (exact) mass is 309 g/mol. The fraction of sp³-hybridized carbons (Fsp3) is 0.400. The first-order valence-electron chi connectivity index (χ1n) is 6.93. The van der Waals surface area contributed by atoms with Gasteiger partial charge in [-0.25, -0.2) is 9.37 Å². The molecule has 1 aliphatic rings. The molecule has 0 bridgehead atoms. The molecule has 0 spiro atoms. The molecule has 0 radical (unpaired) electrons. The van der Waals surface area contributed by atoms with Crippen molar-refractivity contribution in [3.8, 4) is 5.75 Å². The number of benzene rings is 1. The molecular weight excluding hydrogens is 293 g/mol. The fourth-order valence-electron chi connectivity index (χ4n) is 2.06. The Morgan fingerprint density at radius 3 is 2.90 bits per heavy atom. The average molecular weight is 310 g/mol. The van der Waals surface area contributed by atoms with Gasteiger partial charge in [-0.2, -0.15) is 0 Å². The van der Waals surface area contributed by atoms with Crippen LogP contribution in [0.1, 0.15) is 24.2 Å². The Kier molecular flexibility index (Phi) is 4.12. The zero-order valence-electron chi connectivity index (χ0n) is 11.8. The van der Waals surface area contributed by atoms with Crippen molar-refractivity contribution < 1.29 is 9.13 Å². The number of hydrogen-bond donors (Lipinski definition) is 1. The predicted octanol–water partition coefficient (Wildman–Crippen LogP) is 3.04. The molecule has 0 saturated heterocycles. The maximum atomic E-state index is 13.6. The highest BCUT2D eigenvalue weighted by molar-refractivity contribution is 6.29. The number of hydrogen-bond acceptors (Lipinski definition) is 3. The Bertz CT molecular complexity index is 640. The van der Waals surface area contributed by atoms with Gasteiger partial charge in [-0.3, -0.25) is 0 Å². The molecule has 0 aliphatic heterocycles. The first kappa shape index (κ1) is 14.4. The van der Waals surface area contributed by atoms with Crippen LogP contribution in [0.5, 0.6) is 5.75 Å². The molecule has 3 rings (SSSR count). The van der Waals surface area contributed by atoms with Gasteiger partial charge in [0.2, 0.25) is 0 Å². The van der Waals surface area contributed by atoms with E-state index in [2.05, 4.69) is 10.3 Å². The Morgan fingerprint density at radius 2 is 2.24 bits per heavy atom. The van der Waals surface area contributed by atoms with Crippen molar-refractivity contribution >= 4 is 11.6 Å². The molecule has 0 atom stereocenters. The van der Waals surface area contributed by atoms with Crippen LogP contribution in [0, 0.1) is 5.82 Å². The number of nitrogens with zero attached hydrogens (tertiary/aromatic N) is 2. The van der Waals surface area contributed by atoms with Gasteiger partial charge in [-0.1, -0.05) is 11.6 Å². The second kappa shape index (κ2) is 6.03. The van der Waals surface area contributed by atoms with Gasteiger partial charge in [-0.15, -0.1) is 0 Å². The van der Waals surface area contributed by atoms with Crippen molar-refractivity contribution in [1.82, 2.24) is 14.9 Å². The molecule has 1 aromatic heterocycles. The number of nitrogens with one attached hydrogen (secondary N) is 1. The second-order valence-electron chi connectivity index (χ2n) is 5.30. The summed E-state index contributed by atoms with van der Waals surface area (Å²) in [5, 5.41) is 3.90. The Hall–Kier alpha value is -1.59. The molecule has 1 saturated carbocycles. The molecule has 1 aromatic carbocycles. The summed E-state index contributed by atoms with van der Waals surface area (Å²) in [4.78, 5) is 4.14. The van der Waals surface area contributed by atoms with Crippen LogP contribution in [-0.4, -0.2) is 15.6 Å². The van der Waals surface area contributed by atoms with Crippen LogP contribution in [0.4, 0.5) is 4.39 Å². The van der Waals surface area contributed by atoms with E-state index in [1.807, 2.05) is 13.1 Å². The van der Waals surface area contributed by atoms with Crippen molar-refractivity contribution in [2.45, 2.75) is 32.0 Å². The van der Waals surface area contributed by atoms with Crippen LogP contribution in [-0.2, 0) is 20.2 Å². The van der Waals surface area contributed by atoms with Gasteiger partial charge < -0.3 is 14.6 Å². The van der Waals surface area contributed by atoms with Crippen molar-refractivity contribution in [3.63, 3.8) is 0 Å². The Morgan fingerprint density at radius 1 is 1.43 bits per heavy atom. The minimum Gasteiger partial charge on any atom is -0.486 e. The number of rotatable bonds is 6. The molecular formula is C15H17ClFN3O. The summed E-state index contributed by atoms with van der Waals surface area (Å²) in [6, 6.07) is 5.35. The van der Waals surface area contributed by atoms with Crippen LogP contribution in [0.2, 0.25) is 5.15 Å². The average Bonchev–Trinajstić information content (AvgIpc) is 3.23. The highest BCUT2D eigenvalue weighted by Gasteiger charge is 2.20. The van der Waals surface area contributed by atoms with E-state index in [4.69, 9.17) is 16.3 Å². The molecule has 6 heteroatoms. The standard InChI is InChI=1S/C15H17ClFN3O/c1-20-14(16)8-19-15(20)9-21-13-5-10(4-11(17)6-13)7-18-12-2-3-12/h4-6,8,12,18H,2-3,7,9H2,1H3. The van der Waals surface area contributed by atoms with Gasteiger partial charge in [0.15, 0.2) is 0 Å². The minimum absolute atomic E-state index is 0.252. The summed E-state index contributed by atoms with van der Waals surface area (Å²) in [5.41, 5.74) is 0.884. The summed E-state index contributed by atoms with van der Waals surface area (Å²) in [6.45, 7) is 0.912. The smallest absolute Gasteiger partial charge is 0.147 e. The fourth-order valence-corrected chi connectivity index (χ4v) is 2.21. The summed E-state index contributed by atoms with van der Waals surface area (Å²) >= 11 is 5.91. The SMILES string of the molecule is Cn1c(Cl)cnc1COc1cc(F)cc(CNC2CC2)c1. The van der Waals surface area contributed by atoms with Crippen molar-refractivity contribution in [3.05, 3.63) is 46.8 Å². The molecule has 1 fully saturated rings. The number of aromatic nitrogens is 2. The van der Waals surface area contributed by atoms with Gasteiger partial charge in [0.25, 0.3) is 0 Å². The summed E-state index contributed by atoms with van der Waals surface area (Å²) in [7, 11) is 1.81. The zero-order valence-corrected chi connectivity index (χ0v) is 12.5. The summed E-state index contributed by atoms with van der Waals surface area (Å²) in [5.74, 6) is 0.904. The molecule has 1 aliphatic carbocycles. The highest BCUT2D eigenvalue weighted by atomic mass is 35.5. The molecule has 21 heavy (non-hydrogen) atoms. The van der Waals surface area contributed by atoms with Crippen molar-refractivity contribution in [2.75, 3.05) is 0 Å². The van der Waals surface area contributed by atoms with Gasteiger partial charge in [0.05, 0.1) is 6.20 Å². The van der Waals surface area contributed by atoms with Crippen LogP contribution < -0.4 is 10.1 Å². The van der Waals surface area contributed by atoms with Crippen LogP contribution >= 0.6 is 11.6 Å². The third-order valence-electron chi connectivity index (χ3n) is 3.50. The molecule has 2 aromatic rings. The van der Waals surface area contributed by atoms with Crippen molar-refractivity contribution in [2.24, 2.45) is 7.05 Å². The highest BCUT2D eigenvalue weighted by Crippen LogP contribution is 2.22. The molecule has 0 unspecified atom stereocenters. The molecule has 112 valence electrons. The van der Waals surface area contributed by atoms with E-state index in [9.17, 15) is 4.39 Å². The van der Waals surface area contributed by atoms with Gasteiger partial charge in [0.1, 0.15) is 29.2 Å². The van der Waals surface area contributed by atoms with E-state index in [0.717, 1.165) is 5.56 Å². The largest absolute Gasteiger partial charge is 0.486 e. The van der Waals surface area contributed by atoms with E-state index in [0.29, 0.717) is 29.3 Å². The maximum absolute atomic E-state index is 13.6. The van der Waals surface area contributed by atoms with E-state index in [1.54, 1.807) is 10.8 Å². The topological polar surface area (TPSA) is 39.1 Å². The van der Waals surface area contributed by atoms with Crippen LogP contribution in [0.25, 0.3) is 0 Å². The van der Waals surface area contributed by atoms with E-state index >= 15 is 0 Å².